The minimum atomic E-state index is -0.444. The van der Waals surface area contributed by atoms with Crippen molar-refractivity contribution < 1.29 is 14.3 Å². The van der Waals surface area contributed by atoms with E-state index in [1.165, 1.54) is 6.08 Å². The van der Waals surface area contributed by atoms with Crippen LogP contribution in [0.4, 0.5) is 0 Å². The van der Waals surface area contributed by atoms with Crippen LogP contribution in [0.3, 0.4) is 0 Å². The highest BCUT2D eigenvalue weighted by Gasteiger charge is 2.23. The molecule has 2 atom stereocenters. The zero-order valence-corrected chi connectivity index (χ0v) is 11.7. The molecule has 0 spiro atoms. The molecule has 1 aliphatic rings. The van der Waals surface area contributed by atoms with Crippen LogP contribution in [0.5, 0.6) is 0 Å². The minimum Gasteiger partial charge on any atom is -0.437 e. The van der Waals surface area contributed by atoms with Crippen molar-refractivity contribution in [3.05, 3.63) is 36.2 Å². The highest BCUT2D eigenvalue weighted by atomic mass is 16.3. The van der Waals surface area contributed by atoms with Crippen LogP contribution >= 0.6 is 0 Å². The lowest BCUT2D eigenvalue weighted by atomic mass is 9.92. The normalized spacial score (nSPS) is 22.7. The lowest BCUT2D eigenvalue weighted by Crippen LogP contribution is -2.44. The van der Waals surface area contributed by atoms with Crippen LogP contribution in [0.1, 0.15) is 31.6 Å². The molecule has 0 aliphatic heterocycles. The van der Waals surface area contributed by atoms with Crippen molar-refractivity contribution in [2.75, 3.05) is 0 Å². The fourth-order valence-electron chi connectivity index (χ4n) is 2.62. The zero-order valence-electron chi connectivity index (χ0n) is 11.7. The molecular weight excluding hydrogens is 268 g/mol. The van der Waals surface area contributed by atoms with Gasteiger partial charge in [0.05, 0.1) is 12.1 Å². The Kier molecular flexibility index (Phi) is 4.01. The maximum Gasteiger partial charge on any atom is 0.244 e. The molecule has 0 saturated heterocycles. The highest BCUT2D eigenvalue weighted by Crippen LogP contribution is 2.18. The van der Waals surface area contributed by atoms with Crippen molar-refractivity contribution in [3.8, 4) is 0 Å². The fourth-order valence-corrected chi connectivity index (χ4v) is 2.62. The number of rotatable bonds is 3. The number of oxazole rings is 1. The zero-order chi connectivity index (χ0) is 14.7. The maximum atomic E-state index is 11.9. The number of hydrogen-bond acceptors (Lipinski definition) is 4. The van der Waals surface area contributed by atoms with Gasteiger partial charge in [0.25, 0.3) is 0 Å². The quantitative estimate of drug-likeness (QED) is 0.849. The summed E-state index contributed by atoms with van der Waals surface area (Å²) in [6.45, 7) is 0. The summed E-state index contributed by atoms with van der Waals surface area (Å²) in [4.78, 5) is 16.1. The van der Waals surface area contributed by atoms with Gasteiger partial charge in [-0.25, -0.2) is 4.98 Å². The Morgan fingerprint density at radius 1 is 1.33 bits per heavy atom. The minimum absolute atomic E-state index is 0.153. The van der Waals surface area contributed by atoms with Gasteiger partial charge >= 0.3 is 0 Å². The van der Waals surface area contributed by atoms with Crippen LogP contribution in [-0.4, -0.2) is 28.1 Å². The van der Waals surface area contributed by atoms with Gasteiger partial charge in [0, 0.05) is 12.2 Å². The smallest absolute Gasteiger partial charge is 0.244 e. The number of nitrogens with zero attached hydrogens (tertiary/aromatic N) is 1. The van der Waals surface area contributed by atoms with Crippen molar-refractivity contribution in [3.63, 3.8) is 0 Å². The molecule has 1 aromatic heterocycles. The van der Waals surface area contributed by atoms with E-state index in [-0.39, 0.29) is 11.9 Å². The van der Waals surface area contributed by atoms with E-state index >= 15 is 0 Å². The van der Waals surface area contributed by atoms with Crippen molar-refractivity contribution in [2.45, 2.75) is 37.8 Å². The van der Waals surface area contributed by atoms with Gasteiger partial charge in [-0.15, -0.1) is 0 Å². The molecular formula is C16H18N2O3. The van der Waals surface area contributed by atoms with E-state index in [0.717, 1.165) is 31.2 Å². The van der Waals surface area contributed by atoms with Crippen LogP contribution in [0.15, 0.2) is 34.8 Å². The molecule has 21 heavy (non-hydrogen) atoms. The Morgan fingerprint density at radius 2 is 2.14 bits per heavy atom. The number of nitrogens with one attached hydrogen (secondary N) is 1. The first-order valence-electron chi connectivity index (χ1n) is 7.24. The fraction of sp³-hybridized carbons (Fsp3) is 0.375. The monoisotopic (exact) mass is 286 g/mol. The molecule has 1 fully saturated rings. The molecule has 1 amide bonds. The van der Waals surface area contributed by atoms with Gasteiger partial charge in [-0.3, -0.25) is 4.79 Å². The average molecular weight is 286 g/mol. The molecule has 1 aromatic carbocycles. The summed E-state index contributed by atoms with van der Waals surface area (Å²) < 4.78 is 5.50. The van der Waals surface area contributed by atoms with Crippen molar-refractivity contribution in [1.82, 2.24) is 10.3 Å². The highest BCUT2D eigenvalue weighted by molar-refractivity contribution is 5.91. The summed E-state index contributed by atoms with van der Waals surface area (Å²) in [7, 11) is 0. The predicted octanol–water partition coefficient (Wildman–Crippen LogP) is 2.26. The van der Waals surface area contributed by atoms with Crippen molar-refractivity contribution in [1.29, 1.82) is 0 Å². The second kappa shape index (κ2) is 6.10. The van der Waals surface area contributed by atoms with Gasteiger partial charge in [-0.05, 0) is 25.0 Å². The third-order valence-corrected chi connectivity index (χ3v) is 3.74. The molecule has 0 bridgehead atoms. The van der Waals surface area contributed by atoms with E-state index in [0.29, 0.717) is 11.5 Å². The maximum absolute atomic E-state index is 11.9. The Morgan fingerprint density at radius 3 is 2.95 bits per heavy atom. The summed E-state index contributed by atoms with van der Waals surface area (Å²) in [6.07, 6.45) is 6.13. The topological polar surface area (TPSA) is 75.4 Å². The van der Waals surface area contributed by atoms with Gasteiger partial charge in [0.1, 0.15) is 5.52 Å². The summed E-state index contributed by atoms with van der Waals surface area (Å²) in [5.41, 5.74) is 1.46. The van der Waals surface area contributed by atoms with Gasteiger partial charge < -0.3 is 14.8 Å². The lowest BCUT2D eigenvalue weighted by molar-refractivity contribution is -0.118. The number of aliphatic hydroxyl groups is 1. The number of carbonyl (C=O) groups excluding carboxylic acids is 1. The molecule has 110 valence electrons. The van der Waals surface area contributed by atoms with Crippen molar-refractivity contribution in [2.24, 2.45) is 0 Å². The number of benzene rings is 1. The summed E-state index contributed by atoms with van der Waals surface area (Å²) in [6, 6.07) is 7.29. The summed E-state index contributed by atoms with van der Waals surface area (Å²) in [5, 5.41) is 12.7. The molecule has 1 saturated carbocycles. The molecule has 5 nitrogen and oxygen atoms in total. The third kappa shape index (κ3) is 3.31. The molecule has 2 unspecified atom stereocenters. The average Bonchev–Trinajstić information content (AvgIpc) is 2.90. The standard InChI is InChI=1S/C16H18N2O3/c19-13-7-3-1-5-11(13)17-15(20)9-10-16-18-12-6-2-4-8-14(12)21-16/h2,4,6,8-11,13,19H,1,3,5,7H2,(H,17,20). The first kappa shape index (κ1) is 13.8. The van der Waals surface area contributed by atoms with Crippen LogP contribution in [-0.2, 0) is 4.79 Å². The molecule has 5 heteroatoms. The number of aliphatic hydroxyl groups excluding tert-OH is 1. The number of amides is 1. The van der Waals surface area contributed by atoms with E-state index in [2.05, 4.69) is 10.3 Å². The predicted molar refractivity (Wildman–Crippen MR) is 79.4 cm³/mol. The number of hydrogen-bond donors (Lipinski definition) is 2. The van der Waals surface area contributed by atoms with E-state index in [9.17, 15) is 9.90 Å². The molecule has 2 N–H and O–H groups in total. The number of fused-ring (bicyclic) bond motifs is 1. The van der Waals surface area contributed by atoms with E-state index < -0.39 is 6.10 Å². The second-order valence-corrected chi connectivity index (χ2v) is 5.32. The number of aromatic nitrogens is 1. The Hall–Kier alpha value is -2.14. The second-order valence-electron chi connectivity index (χ2n) is 5.32. The molecule has 2 aromatic rings. The first-order chi connectivity index (χ1) is 10.2. The van der Waals surface area contributed by atoms with Crippen LogP contribution in [0, 0.1) is 0 Å². The molecule has 1 heterocycles. The lowest BCUT2D eigenvalue weighted by Gasteiger charge is -2.27. The van der Waals surface area contributed by atoms with Crippen LogP contribution in [0.25, 0.3) is 17.2 Å². The van der Waals surface area contributed by atoms with E-state index in [1.54, 1.807) is 6.08 Å². The van der Waals surface area contributed by atoms with Gasteiger partial charge in [0.15, 0.2) is 5.58 Å². The Labute approximate surface area is 122 Å². The van der Waals surface area contributed by atoms with E-state index in [4.69, 9.17) is 4.42 Å². The Bertz CT molecular complexity index is 629. The number of para-hydroxylation sites is 2. The first-order valence-corrected chi connectivity index (χ1v) is 7.24. The van der Waals surface area contributed by atoms with E-state index in [1.807, 2.05) is 24.3 Å². The van der Waals surface area contributed by atoms with Gasteiger partial charge in [-0.1, -0.05) is 25.0 Å². The Balaban J connectivity index is 1.63. The number of carbonyl (C=O) groups is 1. The molecule has 3 rings (SSSR count). The van der Waals surface area contributed by atoms with Crippen molar-refractivity contribution >= 4 is 23.1 Å². The molecule has 0 radical (unpaired) electrons. The summed E-state index contributed by atoms with van der Waals surface area (Å²) in [5.74, 6) is 0.166. The van der Waals surface area contributed by atoms with Crippen LogP contribution < -0.4 is 5.32 Å². The van der Waals surface area contributed by atoms with Gasteiger partial charge in [-0.2, -0.15) is 0 Å². The SMILES string of the molecule is O=C(C=Cc1nc2ccccc2o1)NC1CCCCC1O. The van der Waals surface area contributed by atoms with Gasteiger partial charge in [0.2, 0.25) is 11.8 Å². The largest absolute Gasteiger partial charge is 0.437 e. The van der Waals surface area contributed by atoms with Crippen LogP contribution in [0.2, 0.25) is 0 Å². The summed E-state index contributed by atoms with van der Waals surface area (Å²) >= 11 is 0. The third-order valence-electron chi connectivity index (χ3n) is 3.74. The molecule has 1 aliphatic carbocycles.